The smallest absolute Gasteiger partial charge is 0.197 e. The van der Waals surface area contributed by atoms with Crippen LogP contribution in [0.25, 0.3) is 0 Å². The highest BCUT2D eigenvalue weighted by atomic mass is 16.8. The van der Waals surface area contributed by atoms with E-state index in [1.165, 1.54) is 0 Å². The number of ether oxygens (including phenoxy) is 5. The maximum Gasteiger partial charge on any atom is 0.197 e. The molecule has 15 nitrogen and oxygen atoms in total. The van der Waals surface area contributed by atoms with Gasteiger partial charge in [-0.05, 0) is 0 Å². The molecule has 3 heterocycles. The van der Waals surface area contributed by atoms with Crippen molar-refractivity contribution in [3.63, 3.8) is 0 Å². The lowest BCUT2D eigenvalue weighted by atomic mass is 9.97. The summed E-state index contributed by atoms with van der Waals surface area (Å²) in [6.45, 7) is -2.86. The second-order valence-electron chi connectivity index (χ2n) is 8.30. The molecule has 3 aliphatic heterocycles. The summed E-state index contributed by atoms with van der Waals surface area (Å²) in [6, 6.07) is 0. The van der Waals surface area contributed by atoms with Gasteiger partial charge in [-0.1, -0.05) is 0 Å². The fraction of sp³-hybridized carbons (Fsp3) is 1.00. The number of hydrogen-bond acceptors (Lipinski definition) is 15. The summed E-state index contributed by atoms with van der Waals surface area (Å²) in [7, 11) is 0. The normalized spacial score (nSPS) is 51.1. The van der Waals surface area contributed by atoms with E-state index in [-0.39, 0.29) is 6.42 Å². The van der Waals surface area contributed by atoms with Crippen LogP contribution in [0.5, 0.6) is 0 Å². The highest BCUT2D eigenvalue weighted by Crippen LogP contribution is 2.36. The van der Waals surface area contributed by atoms with Crippen molar-refractivity contribution in [3.05, 3.63) is 0 Å². The van der Waals surface area contributed by atoms with E-state index in [0.717, 1.165) is 0 Å². The third-order valence-corrected chi connectivity index (χ3v) is 6.03. The van der Waals surface area contributed by atoms with Crippen LogP contribution in [-0.2, 0) is 23.7 Å². The predicted octanol–water partition coefficient (Wildman–Crippen LogP) is -6.54. The Morgan fingerprint density at radius 3 is 1.79 bits per heavy atom. The standard InChI is InChI=1S/C18H32O15/c19-2-7-6(23)1-18(5-22,32-7)33-17-14(28)12(26)15(9(4-21)30-17)31-16-13(27)11(25)10(24)8(3-20)29-16/h6-17,19-28H,1-5H2/t6?,7-,8?,9?,10+,11?,12?,13?,14?,15+,16-,17+,18+/m0/s1. The van der Waals surface area contributed by atoms with Gasteiger partial charge in [-0.2, -0.15) is 0 Å². The molecule has 10 N–H and O–H groups in total. The molecule has 33 heavy (non-hydrogen) atoms. The molecule has 3 rings (SSSR count). The van der Waals surface area contributed by atoms with Gasteiger partial charge in [0.1, 0.15) is 54.9 Å². The molecule has 0 aromatic heterocycles. The SMILES string of the molecule is OCC1O[C@@H](O[C@@H]2C(CO)O[C@H](O[C@@]3(CO)CC(O)[C@H](CO)O3)C(O)C2O)C(O)C(O)[C@@H]1O. The Bertz CT molecular complexity index is 622. The Balaban J connectivity index is 1.71. The maximum absolute atomic E-state index is 10.6. The first kappa shape index (κ1) is 27.0. The Morgan fingerprint density at radius 1 is 0.667 bits per heavy atom. The lowest BCUT2D eigenvalue weighted by Crippen LogP contribution is -2.65. The first-order valence-electron chi connectivity index (χ1n) is 10.4. The number of aliphatic hydroxyl groups excluding tert-OH is 10. The van der Waals surface area contributed by atoms with Crippen LogP contribution in [0.4, 0.5) is 0 Å². The topological polar surface area (TPSA) is 248 Å². The number of hydrogen-bond donors (Lipinski definition) is 10. The van der Waals surface area contributed by atoms with Crippen molar-refractivity contribution in [2.45, 2.75) is 85.8 Å². The third-order valence-electron chi connectivity index (χ3n) is 6.03. The monoisotopic (exact) mass is 488 g/mol. The van der Waals surface area contributed by atoms with Crippen molar-refractivity contribution in [2.75, 3.05) is 26.4 Å². The first-order valence-corrected chi connectivity index (χ1v) is 10.4. The van der Waals surface area contributed by atoms with Crippen molar-refractivity contribution in [1.82, 2.24) is 0 Å². The molecular formula is C18H32O15. The van der Waals surface area contributed by atoms with Crippen LogP contribution in [0, 0.1) is 0 Å². The van der Waals surface area contributed by atoms with E-state index < -0.39 is 106 Å². The average Bonchev–Trinajstić information content (AvgIpc) is 3.14. The van der Waals surface area contributed by atoms with Gasteiger partial charge in [0.15, 0.2) is 18.4 Å². The summed E-state index contributed by atoms with van der Waals surface area (Å²) < 4.78 is 27.0. The minimum atomic E-state index is -1.87. The molecule has 15 heteroatoms. The molecule has 3 saturated heterocycles. The fourth-order valence-electron chi connectivity index (χ4n) is 4.09. The van der Waals surface area contributed by atoms with Gasteiger partial charge in [-0.15, -0.1) is 0 Å². The predicted molar refractivity (Wildman–Crippen MR) is 99.9 cm³/mol. The summed E-state index contributed by atoms with van der Waals surface area (Å²) in [5.74, 6) is -1.87. The Morgan fingerprint density at radius 2 is 1.24 bits per heavy atom. The van der Waals surface area contributed by atoms with Crippen LogP contribution in [0.15, 0.2) is 0 Å². The Hall–Kier alpha value is -0.600. The molecule has 194 valence electrons. The van der Waals surface area contributed by atoms with Gasteiger partial charge in [-0.3, -0.25) is 0 Å². The zero-order valence-corrected chi connectivity index (χ0v) is 17.5. The molecular weight excluding hydrogens is 456 g/mol. The van der Waals surface area contributed by atoms with E-state index in [0.29, 0.717) is 0 Å². The summed E-state index contributed by atoms with van der Waals surface area (Å²) in [5.41, 5.74) is 0. The van der Waals surface area contributed by atoms with Crippen LogP contribution in [0.2, 0.25) is 0 Å². The molecule has 0 aliphatic carbocycles. The van der Waals surface area contributed by atoms with Crippen molar-refractivity contribution < 1.29 is 74.7 Å². The van der Waals surface area contributed by atoms with E-state index in [9.17, 15) is 51.1 Å². The van der Waals surface area contributed by atoms with Gasteiger partial charge < -0.3 is 74.7 Å². The minimum Gasteiger partial charge on any atom is -0.394 e. The van der Waals surface area contributed by atoms with Crippen molar-refractivity contribution in [2.24, 2.45) is 0 Å². The van der Waals surface area contributed by atoms with Crippen molar-refractivity contribution >= 4 is 0 Å². The van der Waals surface area contributed by atoms with E-state index in [1.807, 2.05) is 0 Å². The zero-order valence-electron chi connectivity index (χ0n) is 17.5. The molecule has 0 radical (unpaired) electrons. The Kier molecular flexibility index (Phi) is 8.99. The van der Waals surface area contributed by atoms with Gasteiger partial charge in [-0.25, -0.2) is 0 Å². The number of aliphatic hydroxyl groups is 10. The second-order valence-corrected chi connectivity index (χ2v) is 8.30. The lowest BCUT2D eigenvalue weighted by Gasteiger charge is -2.47. The van der Waals surface area contributed by atoms with Crippen LogP contribution in [0.3, 0.4) is 0 Å². The van der Waals surface area contributed by atoms with Crippen LogP contribution in [-0.4, -0.2) is 157 Å². The average molecular weight is 488 g/mol. The second kappa shape index (κ2) is 11.0. The van der Waals surface area contributed by atoms with Crippen molar-refractivity contribution in [1.29, 1.82) is 0 Å². The highest BCUT2D eigenvalue weighted by molar-refractivity contribution is 4.95. The van der Waals surface area contributed by atoms with Gasteiger partial charge >= 0.3 is 0 Å². The van der Waals surface area contributed by atoms with E-state index in [2.05, 4.69) is 0 Å². The molecule has 0 amide bonds. The van der Waals surface area contributed by atoms with Gasteiger partial charge in [0, 0.05) is 6.42 Å². The summed E-state index contributed by atoms with van der Waals surface area (Å²) in [5, 5.41) is 99.0. The fourth-order valence-corrected chi connectivity index (χ4v) is 4.09. The highest BCUT2D eigenvalue weighted by Gasteiger charge is 2.54. The third kappa shape index (κ3) is 5.32. The molecule has 3 fully saturated rings. The van der Waals surface area contributed by atoms with Crippen molar-refractivity contribution in [3.8, 4) is 0 Å². The molecule has 0 saturated carbocycles. The summed E-state index contributed by atoms with van der Waals surface area (Å²) >= 11 is 0. The lowest BCUT2D eigenvalue weighted by molar-refractivity contribution is -0.390. The Labute approximate surface area is 187 Å². The first-order chi connectivity index (χ1) is 15.6. The minimum absolute atomic E-state index is 0.286. The van der Waals surface area contributed by atoms with Gasteiger partial charge in [0.05, 0.1) is 32.5 Å². The summed E-state index contributed by atoms with van der Waals surface area (Å²) in [4.78, 5) is 0. The van der Waals surface area contributed by atoms with Gasteiger partial charge in [0.25, 0.3) is 0 Å². The molecule has 13 atom stereocenters. The molecule has 7 unspecified atom stereocenters. The largest absolute Gasteiger partial charge is 0.394 e. The molecule has 3 aliphatic rings. The van der Waals surface area contributed by atoms with Crippen LogP contribution >= 0.6 is 0 Å². The van der Waals surface area contributed by atoms with Gasteiger partial charge in [0.2, 0.25) is 0 Å². The van der Waals surface area contributed by atoms with E-state index in [1.54, 1.807) is 0 Å². The summed E-state index contributed by atoms with van der Waals surface area (Å²) in [6.07, 6.45) is -19.0. The van der Waals surface area contributed by atoms with Crippen LogP contribution in [0.1, 0.15) is 6.42 Å². The molecule has 0 aromatic rings. The van der Waals surface area contributed by atoms with E-state index in [4.69, 9.17) is 23.7 Å². The molecule has 0 spiro atoms. The maximum atomic E-state index is 10.6. The molecule has 0 bridgehead atoms. The van der Waals surface area contributed by atoms with E-state index >= 15 is 0 Å². The number of rotatable bonds is 8. The van der Waals surface area contributed by atoms with Crippen LogP contribution < -0.4 is 0 Å². The zero-order chi connectivity index (χ0) is 24.5. The quantitative estimate of drug-likeness (QED) is 0.152. The molecule has 0 aromatic carbocycles.